The van der Waals surface area contributed by atoms with Gasteiger partial charge in [-0.2, -0.15) is 13.2 Å². The maximum absolute atomic E-state index is 13.6. The van der Waals surface area contributed by atoms with Crippen LogP contribution in [-0.4, -0.2) is 38.4 Å². The average Bonchev–Trinajstić information content (AvgIpc) is 2.71. The SMILES string of the molecule is O=C(C=Cc1ccccc1F)NC(c1cccc(N2CCOCC2)c1)C(F)(F)F. The third kappa shape index (κ3) is 5.57. The van der Waals surface area contributed by atoms with Gasteiger partial charge in [0.05, 0.1) is 13.2 Å². The molecule has 1 fully saturated rings. The summed E-state index contributed by atoms with van der Waals surface area (Å²) in [6.07, 6.45) is -2.66. The van der Waals surface area contributed by atoms with E-state index in [1.54, 1.807) is 12.1 Å². The molecule has 154 valence electrons. The molecule has 8 heteroatoms. The number of nitrogens with zero attached hydrogens (tertiary/aromatic N) is 1. The van der Waals surface area contributed by atoms with Crippen LogP contribution in [-0.2, 0) is 9.53 Å². The zero-order chi connectivity index (χ0) is 20.9. The van der Waals surface area contributed by atoms with Crippen molar-refractivity contribution in [3.63, 3.8) is 0 Å². The van der Waals surface area contributed by atoms with Gasteiger partial charge in [0, 0.05) is 30.4 Å². The van der Waals surface area contributed by atoms with Gasteiger partial charge in [0.15, 0.2) is 6.04 Å². The van der Waals surface area contributed by atoms with Crippen LogP contribution in [0.3, 0.4) is 0 Å². The summed E-state index contributed by atoms with van der Waals surface area (Å²) in [5.74, 6) is -1.53. The highest BCUT2D eigenvalue weighted by molar-refractivity contribution is 5.92. The van der Waals surface area contributed by atoms with Crippen LogP contribution >= 0.6 is 0 Å². The van der Waals surface area contributed by atoms with Crippen LogP contribution in [0.2, 0.25) is 0 Å². The molecular weight excluding hydrogens is 388 g/mol. The molecule has 1 aliphatic rings. The minimum Gasteiger partial charge on any atom is -0.378 e. The molecule has 1 amide bonds. The second-order valence-electron chi connectivity index (χ2n) is 6.53. The summed E-state index contributed by atoms with van der Waals surface area (Å²) in [6, 6.07) is 9.49. The largest absolute Gasteiger partial charge is 0.412 e. The third-order valence-corrected chi connectivity index (χ3v) is 4.51. The maximum atomic E-state index is 13.6. The molecule has 3 rings (SSSR count). The number of rotatable bonds is 5. The van der Waals surface area contributed by atoms with Crippen LogP contribution in [0.4, 0.5) is 23.2 Å². The number of morpholine rings is 1. The van der Waals surface area contributed by atoms with E-state index in [4.69, 9.17) is 4.74 Å². The van der Waals surface area contributed by atoms with E-state index in [0.717, 1.165) is 12.2 Å². The minimum atomic E-state index is -4.69. The second kappa shape index (κ2) is 9.09. The molecule has 2 aromatic rings. The monoisotopic (exact) mass is 408 g/mol. The van der Waals surface area contributed by atoms with Crippen molar-refractivity contribution < 1.29 is 27.1 Å². The predicted octanol–water partition coefficient (Wildman–Crippen LogP) is 4.10. The van der Waals surface area contributed by atoms with Crippen molar-refractivity contribution in [1.29, 1.82) is 0 Å². The summed E-state index contributed by atoms with van der Waals surface area (Å²) in [5.41, 5.74) is 0.672. The Morgan fingerprint density at radius 1 is 1.10 bits per heavy atom. The lowest BCUT2D eigenvalue weighted by Gasteiger charge is -2.30. The standard InChI is InChI=1S/C21H20F4N2O2/c22-18-7-2-1-4-15(18)8-9-19(28)26-20(21(23,24)25)16-5-3-6-17(14-16)27-10-12-29-13-11-27/h1-9,14,20H,10-13H2,(H,26,28). The number of halogens is 4. The predicted molar refractivity (Wildman–Crippen MR) is 102 cm³/mol. The van der Waals surface area contributed by atoms with E-state index in [0.29, 0.717) is 32.0 Å². The summed E-state index contributed by atoms with van der Waals surface area (Å²) in [7, 11) is 0. The number of alkyl halides is 3. The first-order valence-corrected chi connectivity index (χ1v) is 9.07. The molecule has 1 heterocycles. The van der Waals surface area contributed by atoms with Crippen LogP contribution in [0.15, 0.2) is 54.6 Å². The number of carbonyl (C=O) groups is 1. The number of ether oxygens (including phenoxy) is 1. The van der Waals surface area contributed by atoms with Gasteiger partial charge < -0.3 is 15.0 Å². The Morgan fingerprint density at radius 3 is 2.52 bits per heavy atom. The minimum absolute atomic E-state index is 0.0749. The summed E-state index contributed by atoms with van der Waals surface area (Å²) in [4.78, 5) is 14.0. The van der Waals surface area contributed by atoms with E-state index in [1.165, 1.54) is 36.4 Å². The Hall–Kier alpha value is -2.87. The molecule has 1 aliphatic heterocycles. The molecule has 0 saturated carbocycles. The highest BCUT2D eigenvalue weighted by atomic mass is 19.4. The molecule has 0 bridgehead atoms. The highest BCUT2D eigenvalue weighted by Crippen LogP contribution is 2.34. The van der Waals surface area contributed by atoms with E-state index < -0.39 is 23.9 Å². The van der Waals surface area contributed by atoms with Gasteiger partial charge in [-0.05, 0) is 29.8 Å². The molecule has 29 heavy (non-hydrogen) atoms. The normalized spacial score (nSPS) is 16.1. The quantitative estimate of drug-likeness (QED) is 0.599. The van der Waals surface area contributed by atoms with E-state index in [2.05, 4.69) is 0 Å². The molecule has 1 unspecified atom stereocenters. The molecule has 1 atom stereocenters. The van der Waals surface area contributed by atoms with Gasteiger partial charge in [-0.3, -0.25) is 4.79 Å². The number of hydrogen-bond donors (Lipinski definition) is 1. The van der Waals surface area contributed by atoms with Crippen LogP contribution in [0.1, 0.15) is 17.2 Å². The topological polar surface area (TPSA) is 41.6 Å². The van der Waals surface area contributed by atoms with Gasteiger partial charge in [0.1, 0.15) is 5.82 Å². The first-order valence-electron chi connectivity index (χ1n) is 9.07. The molecule has 0 aromatic heterocycles. The van der Waals surface area contributed by atoms with Crippen molar-refractivity contribution in [1.82, 2.24) is 5.32 Å². The van der Waals surface area contributed by atoms with Crippen LogP contribution < -0.4 is 10.2 Å². The van der Waals surface area contributed by atoms with Gasteiger partial charge in [0.25, 0.3) is 0 Å². The molecular formula is C21H20F4N2O2. The summed E-state index contributed by atoms with van der Waals surface area (Å²) < 4.78 is 59.8. The van der Waals surface area contributed by atoms with Gasteiger partial charge >= 0.3 is 6.18 Å². The van der Waals surface area contributed by atoms with Crippen LogP contribution in [0.5, 0.6) is 0 Å². The average molecular weight is 408 g/mol. The first-order chi connectivity index (χ1) is 13.8. The number of amides is 1. The first kappa shape index (κ1) is 20.9. The van der Waals surface area contributed by atoms with Gasteiger partial charge in [-0.1, -0.05) is 30.3 Å². The lowest BCUT2D eigenvalue weighted by molar-refractivity contribution is -0.162. The van der Waals surface area contributed by atoms with E-state index in [1.807, 2.05) is 10.2 Å². The van der Waals surface area contributed by atoms with Crippen molar-refractivity contribution in [3.05, 3.63) is 71.6 Å². The number of benzene rings is 2. The Bertz CT molecular complexity index is 877. The molecule has 0 radical (unpaired) electrons. The summed E-state index contributed by atoms with van der Waals surface area (Å²) in [6.45, 7) is 2.17. The Labute approximate surface area is 165 Å². The van der Waals surface area contributed by atoms with Crippen molar-refractivity contribution in [2.45, 2.75) is 12.2 Å². The fraction of sp³-hybridized carbons (Fsp3) is 0.286. The van der Waals surface area contributed by atoms with E-state index >= 15 is 0 Å². The molecule has 0 spiro atoms. The summed E-state index contributed by atoms with van der Waals surface area (Å²) >= 11 is 0. The highest BCUT2D eigenvalue weighted by Gasteiger charge is 2.41. The van der Waals surface area contributed by atoms with Crippen LogP contribution in [0, 0.1) is 5.82 Å². The van der Waals surface area contributed by atoms with Crippen molar-refractivity contribution in [3.8, 4) is 0 Å². The zero-order valence-corrected chi connectivity index (χ0v) is 15.5. The van der Waals surface area contributed by atoms with Gasteiger partial charge in [0.2, 0.25) is 5.91 Å². The second-order valence-corrected chi connectivity index (χ2v) is 6.53. The van der Waals surface area contributed by atoms with Crippen molar-refractivity contribution in [2.24, 2.45) is 0 Å². The number of anilines is 1. The Balaban J connectivity index is 1.78. The van der Waals surface area contributed by atoms with E-state index in [9.17, 15) is 22.4 Å². The van der Waals surface area contributed by atoms with Crippen molar-refractivity contribution >= 4 is 17.7 Å². The smallest absolute Gasteiger partial charge is 0.378 e. The fourth-order valence-corrected chi connectivity index (χ4v) is 3.04. The Morgan fingerprint density at radius 2 is 1.83 bits per heavy atom. The summed E-state index contributed by atoms with van der Waals surface area (Å²) in [5, 5.41) is 1.98. The Kier molecular flexibility index (Phi) is 6.53. The van der Waals surface area contributed by atoms with Gasteiger partial charge in [-0.15, -0.1) is 0 Å². The van der Waals surface area contributed by atoms with Crippen molar-refractivity contribution in [2.75, 3.05) is 31.2 Å². The van der Waals surface area contributed by atoms with E-state index in [-0.39, 0.29) is 11.1 Å². The molecule has 0 aliphatic carbocycles. The van der Waals surface area contributed by atoms with Gasteiger partial charge in [-0.25, -0.2) is 4.39 Å². The maximum Gasteiger partial charge on any atom is 0.412 e. The molecule has 2 aromatic carbocycles. The number of carbonyl (C=O) groups excluding carboxylic acids is 1. The number of nitrogens with one attached hydrogen (secondary N) is 1. The zero-order valence-electron chi connectivity index (χ0n) is 15.5. The molecule has 4 nitrogen and oxygen atoms in total. The third-order valence-electron chi connectivity index (χ3n) is 4.51. The fourth-order valence-electron chi connectivity index (χ4n) is 3.04. The molecule has 1 saturated heterocycles. The lowest BCUT2D eigenvalue weighted by atomic mass is 10.0. The lowest BCUT2D eigenvalue weighted by Crippen LogP contribution is -2.38. The molecule has 1 N–H and O–H groups in total. The van der Waals surface area contributed by atoms with Crippen LogP contribution in [0.25, 0.3) is 6.08 Å². The number of hydrogen-bond acceptors (Lipinski definition) is 3.